The smallest absolute Gasteiger partial charge is 0.362 e. The summed E-state index contributed by atoms with van der Waals surface area (Å²) in [6.45, 7) is 5.69. The number of methoxy groups -OCH3 is 4. The zero-order valence-electron chi connectivity index (χ0n) is 46.1. The first kappa shape index (κ1) is 56.3. The van der Waals surface area contributed by atoms with E-state index < -0.39 is 30.1 Å². The minimum Gasteiger partial charge on any atom is -0.493 e. The second kappa shape index (κ2) is 26.3. The number of rotatable bonds is 26. The standard InChI is InChI=1S/C62H86N2O10/c1-9-11-13-15-17-19-21-23-25-49(61(65)66)63(3)35-33-45-40-54(70-6)56-42-48(45)51(63)37-43-27-30-47(31-28-43)73-55-39-44(29-32-53(55)69-5)38-52-58-46(41-57(71-7)59(72-8)60(58)74-56)34-36-64(52,4)50(62(67)68)26-24-22-20-18-16-14-12-10-2/h27-32,39-42,49-52H,9-26,33-38H2,1-8H3/p+2. The largest absolute Gasteiger partial charge is 0.493 e. The Morgan fingerprint density at radius 2 is 1.04 bits per heavy atom. The lowest BCUT2D eigenvalue weighted by molar-refractivity contribution is -0.956. The molecule has 404 valence electrons. The molecule has 8 rings (SSSR count). The number of carboxylic acids is 2. The van der Waals surface area contributed by atoms with Crippen molar-refractivity contribution in [2.75, 3.05) is 55.6 Å². The van der Waals surface area contributed by atoms with Crippen molar-refractivity contribution in [1.82, 2.24) is 0 Å². The molecule has 0 radical (unpaired) electrons. The van der Waals surface area contributed by atoms with Crippen LogP contribution in [-0.2, 0) is 35.3 Å². The average Bonchev–Trinajstić information content (AvgIpc) is 3.39. The molecule has 12 nitrogen and oxygen atoms in total. The average molecular weight is 1020 g/mol. The SMILES string of the molecule is CCCCCCCCCCC(C(=O)O)[N+]1(C)CCc2cc(OC)c3cc2C1Cc1ccc(cc1)Oc1cc(ccc1OC)CC1c2c(cc(OC)c(OC)c2O3)CC[N+]1(C)C(CCCCCCCCCC)C(=O)O. The molecular formula is C62H88N2O10+2. The number of hydrogen-bond donors (Lipinski definition) is 2. The Morgan fingerprint density at radius 1 is 0.554 bits per heavy atom. The van der Waals surface area contributed by atoms with Crippen molar-refractivity contribution in [2.24, 2.45) is 0 Å². The van der Waals surface area contributed by atoms with Gasteiger partial charge in [-0.05, 0) is 77.6 Å². The Balaban J connectivity index is 1.38. The van der Waals surface area contributed by atoms with E-state index in [2.05, 4.69) is 52.2 Å². The maximum absolute atomic E-state index is 13.8. The normalized spacial score (nSPS) is 20.7. The third-order valence-electron chi connectivity index (χ3n) is 17.1. The molecule has 4 aromatic rings. The lowest BCUT2D eigenvalue weighted by Crippen LogP contribution is -2.61. The van der Waals surface area contributed by atoms with Crippen LogP contribution in [0.15, 0.2) is 60.7 Å². The van der Waals surface area contributed by atoms with E-state index in [0.29, 0.717) is 102 Å². The van der Waals surface area contributed by atoms with E-state index in [1.165, 1.54) is 64.2 Å². The van der Waals surface area contributed by atoms with Gasteiger partial charge in [-0.15, -0.1) is 0 Å². The second-order valence-corrected chi connectivity index (χ2v) is 21.9. The summed E-state index contributed by atoms with van der Waals surface area (Å²) in [5, 5.41) is 22.5. The highest BCUT2D eigenvalue weighted by Crippen LogP contribution is 2.55. The number of unbranched alkanes of at least 4 members (excludes halogenated alkanes) is 14. The number of ether oxygens (including phenoxy) is 6. The Bertz CT molecular complexity index is 2490. The fraction of sp³-hybridized carbons (Fsp3) is 0.581. The third-order valence-corrected chi connectivity index (χ3v) is 17.1. The molecule has 4 heterocycles. The number of aliphatic carboxylic acids is 2. The topological polar surface area (TPSA) is 130 Å². The quantitative estimate of drug-likeness (QED) is 0.0463. The summed E-state index contributed by atoms with van der Waals surface area (Å²) in [6, 6.07) is 18.3. The molecule has 0 spiro atoms. The molecule has 2 N–H and O–H groups in total. The number of quaternary nitrogens is 2. The summed E-state index contributed by atoms with van der Waals surface area (Å²) in [7, 11) is 10.8. The summed E-state index contributed by atoms with van der Waals surface area (Å²) in [5.74, 6) is 2.57. The minimum absolute atomic E-state index is 0.239. The highest BCUT2D eigenvalue weighted by Gasteiger charge is 2.51. The van der Waals surface area contributed by atoms with Gasteiger partial charge in [-0.2, -0.15) is 0 Å². The zero-order chi connectivity index (χ0) is 52.8. The van der Waals surface area contributed by atoms with Gasteiger partial charge >= 0.3 is 11.9 Å². The van der Waals surface area contributed by atoms with Crippen molar-refractivity contribution in [3.63, 3.8) is 0 Å². The number of nitrogens with zero attached hydrogens (tertiary/aromatic N) is 2. The highest BCUT2D eigenvalue weighted by molar-refractivity contribution is 5.73. The minimum atomic E-state index is -0.811. The molecule has 6 bridgehead atoms. The van der Waals surface area contributed by atoms with Gasteiger partial charge in [0.1, 0.15) is 17.8 Å². The van der Waals surface area contributed by atoms with Gasteiger partial charge in [0, 0.05) is 44.1 Å². The first-order chi connectivity index (χ1) is 35.8. The molecule has 0 aromatic heterocycles. The predicted octanol–water partition coefficient (Wildman–Crippen LogP) is 14.2. The molecule has 74 heavy (non-hydrogen) atoms. The molecule has 12 heteroatoms. The van der Waals surface area contributed by atoms with E-state index in [1.54, 1.807) is 28.4 Å². The number of carboxylic acid groups (broad SMARTS) is 2. The van der Waals surface area contributed by atoms with Crippen molar-refractivity contribution in [3.05, 3.63) is 94.0 Å². The molecule has 6 atom stereocenters. The molecular weight excluding hydrogens is 933 g/mol. The molecule has 0 aliphatic carbocycles. The summed E-state index contributed by atoms with van der Waals surface area (Å²) < 4.78 is 39.2. The summed E-state index contributed by atoms with van der Waals surface area (Å²) in [5.41, 5.74) is 5.97. The van der Waals surface area contributed by atoms with Crippen molar-refractivity contribution >= 4 is 11.9 Å². The number of benzene rings is 4. The monoisotopic (exact) mass is 1020 g/mol. The molecule has 4 aromatic carbocycles. The number of likely N-dealkylation sites (N-methyl/N-ethyl adjacent to an activating group) is 2. The van der Waals surface area contributed by atoms with Crippen LogP contribution in [0.25, 0.3) is 0 Å². The first-order valence-corrected chi connectivity index (χ1v) is 28.1. The van der Waals surface area contributed by atoms with Crippen LogP contribution in [0.5, 0.6) is 46.0 Å². The van der Waals surface area contributed by atoms with Gasteiger partial charge in [-0.1, -0.05) is 122 Å². The van der Waals surface area contributed by atoms with Crippen LogP contribution in [0, 0.1) is 0 Å². The van der Waals surface area contributed by atoms with Gasteiger partial charge in [0.15, 0.2) is 46.6 Å². The van der Waals surface area contributed by atoms with Crippen molar-refractivity contribution in [3.8, 4) is 46.0 Å². The predicted molar refractivity (Wildman–Crippen MR) is 292 cm³/mol. The molecule has 0 saturated heterocycles. The highest BCUT2D eigenvalue weighted by atomic mass is 16.5. The Kier molecular flexibility index (Phi) is 20.0. The van der Waals surface area contributed by atoms with E-state index in [-0.39, 0.29) is 10.5 Å². The van der Waals surface area contributed by atoms with Crippen LogP contribution in [0.4, 0.5) is 0 Å². The lowest BCUT2D eigenvalue weighted by atomic mass is 9.83. The van der Waals surface area contributed by atoms with E-state index in [4.69, 9.17) is 28.4 Å². The van der Waals surface area contributed by atoms with Gasteiger partial charge in [0.2, 0.25) is 5.75 Å². The summed E-state index contributed by atoms with van der Waals surface area (Å²) >= 11 is 0. The van der Waals surface area contributed by atoms with Crippen LogP contribution in [0.2, 0.25) is 0 Å². The van der Waals surface area contributed by atoms with E-state index in [0.717, 1.165) is 71.9 Å². The number of carbonyl (C=O) groups is 2. The van der Waals surface area contributed by atoms with Crippen LogP contribution < -0.4 is 28.4 Å². The Labute approximate surface area is 442 Å². The molecule has 6 unspecified atom stereocenters. The summed E-state index contributed by atoms with van der Waals surface area (Å²) in [6.07, 6.45) is 21.5. The van der Waals surface area contributed by atoms with Gasteiger partial charge in [-0.3, -0.25) is 0 Å². The van der Waals surface area contributed by atoms with Gasteiger partial charge in [0.05, 0.1) is 61.2 Å². The van der Waals surface area contributed by atoms with Gasteiger partial charge in [0.25, 0.3) is 0 Å². The Hall–Kier alpha value is -5.46. The van der Waals surface area contributed by atoms with Crippen LogP contribution in [0.1, 0.15) is 175 Å². The maximum atomic E-state index is 13.8. The first-order valence-electron chi connectivity index (χ1n) is 28.1. The van der Waals surface area contributed by atoms with Crippen LogP contribution in [0.3, 0.4) is 0 Å². The van der Waals surface area contributed by atoms with Crippen molar-refractivity contribution in [2.45, 2.75) is 179 Å². The Morgan fingerprint density at radius 3 is 1.58 bits per heavy atom. The van der Waals surface area contributed by atoms with E-state index in [1.807, 2.05) is 36.4 Å². The van der Waals surface area contributed by atoms with Crippen molar-refractivity contribution in [1.29, 1.82) is 0 Å². The number of fused-ring (bicyclic) bond motifs is 2. The fourth-order valence-electron chi connectivity index (χ4n) is 12.7. The molecule has 0 amide bonds. The van der Waals surface area contributed by atoms with Crippen molar-refractivity contribution < 1.29 is 57.2 Å². The fourth-order valence-corrected chi connectivity index (χ4v) is 12.7. The maximum Gasteiger partial charge on any atom is 0.362 e. The van der Waals surface area contributed by atoms with Gasteiger partial charge in [-0.25, -0.2) is 9.59 Å². The van der Waals surface area contributed by atoms with E-state index >= 15 is 0 Å². The second-order valence-electron chi connectivity index (χ2n) is 21.9. The summed E-state index contributed by atoms with van der Waals surface area (Å²) in [4.78, 5) is 27.5. The number of hydrogen-bond acceptors (Lipinski definition) is 8. The third kappa shape index (κ3) is 12.8. The zero-order valence-corrected chi connectivity index (χ0v) is 46.1. The molecule has 4 aliphatic heterocycles. The molecule has 0 fully saturated rings. The van der Waals surface area contributed by atoms with Gasteiger partial charge < -0.3 is 47.6 Å². The lowest BCUT2D eigenvalue weighted by Gasteiger charge is -2.49. The molecule has 0 saturated carbocycles. The van der Waals surface area contributed by atoms with Crippen LogP contribution >= 0.6 is 0 Å². The van der Waals surface area contributed by atoms with E-state index in [9.17, 15) is 19.8 Å². The molecule has 4 aliphatic rings. The van der Waals surface area contributed by atoms with Crippen LogP contribution in [-0.4, -0.2) is 98.8 Å².